The predicted molar refractivity (Wildman–Crippen MR) is 60.7 cm³/mol. The number of hydrogen-bond donors (Lipinski definition) is 1. The van der Waals surface area contributed by atoms with E-state index in [4.69, 9.17) is 9.47 Å². The van der Waals surface area contributed by atoms with Crippen LogP contribution < -0.4 is 5.32 Å². The number of alkyl carbamates (subject to hydrolysis) is 1. The van der Waals surface area contributed by atoms with Gasteiger partial charge in [-0.2, -0.15) is 0 Å². The number of carbonyl (C=O) groups is 2. The van der Waals surface area contributed by atoms with Crippen LogP contribution in [-0.2, 0) is 14.3 Å². The molecule has 96 valence electrons. The summed E-state index contributed by atoms with van der Waals surface area (Å²) < 4.78 is 10.6. The van der Waals surface area contributed by atoms with Gasteiger partial charge in [0.2, 0.25) is 0 Å². The summed E-state index contributed by atoms with van der Waals surface area (Å²) in [4.78, 5) is 23.1. The second kappa shape index (κ2) is 3.98. The van der Waals surface area contributed by atoms with Crippen LogP contribution in [0.2, 0.25) is 0 Å². The average molecular weight is 241 g/mol. The van der Waals surface area contributed by atoms with Crippen molar-refractivity contribution in [3.05, 3.63) is 0 Å². The molecule has 0 bridgehead atoms. The molecule has 1 heterocycles. The third-order valence-corrected chi connectivity index (χ3v) is 3.09. The molecule has 17 heavy (non-hydrogen) atoms. The highest BCUT2D eigenvalue weighted by Gasteiger charge is 2.54. The van der Waals surface area contributed by atoms with Crippen LogP contribution in [0.25, 0.3) is 0 Å². The summed E-state index contributed by atoms with van der Waals surface area (Å²) in [5.41, 5.74) is -1.09. The Bertz CT molecular complexity index is 339. The zero-order valence-corrected chi connectivity index (χ0v) is 10.5. The predicted octanol–water partition coefficient (Wildman–Crippen LogP) is 1.40. The molecule has 1 saturated carbocycles. The summed E-state index contributed by atoms with van der Waals surface area (Å²) in [6.07, 6.45) is 1.22. The largest absolute Gasteiger partial charge is 0.444 e. The lowest BCUT2D eigenvalue weighted by molar-refractivity contribution is -0.143. The molecule has 1 aliphatic heterocycles. The zero-order valence-electron chi connectivity index (χ0n) is 10.5. The Morgan fingerprint density at radius 2 is 2.12 bits per heavy atom. The fourth-order valence-electron chi connectivity index (χ4n) is 2.31. The van der Waals surface area contributed by atoms with E-state index in [1.165, 1.54) is 0 Å². The van der Waals surface area contributed by atoms with E-state index >= 15 is 0 Å². The normalized spacial score (nSPS) is 32.4. The van der Waals surface area contributed by atoms with Crippen LogP contribution in [-0.4, -0.2) is 35.7 Å². The van der Waals surface area contributed by atoms with Crippen molar-refractivity contribution in [2.24, 2.45) is 0 Å². The van der Waals surface area contributed by atoms with Gasteiger partial charge >= 0.3 is 6.09 Å². The van der Waals surface area contributed by atoms with Gasteiger partial charge in [-0.15, -0.1) is 0 Å². The first-order valence-corrected chi connectivity index (χ1v) is 5.98. The lowest BCUT2D eigenvalue weighted by Crippen LogP contribution is -2.58. The lowest BCUT2D eigenvalue weighted by atomic mass is 9.73. The minimum atomic E-state index is -0.598. The Hall–Kier alpha value is -1.10. The van der Waals surface area contributed by atoms with Crippen molar-refractivity contribution in [3.63, 3.8) is 0 Å². The molecule has 5 nitrogen and oxygen atoms in total. The Labute approximate surface area is 101 Å². The molecule has 1 amide bonds. The minimum absolute atomic E-state index is 0.00750. The van der Waals surface area contributed by atoms with E-state index in [0.29, 0.717) is 25.9 Å². The van der Waals surface area contributed by atoms with Gasteiger partial charge in [-0.1, -0.05) is 0 Å². The van der Waals surface area contributed by atoms with E-state index in [1.54, 1.807) is 0 Å². The number of nitrogens with one attached hydrogen (secondary N) is 1. The second-order valence-electron chi connectivity index (χ2n) is 5.77. The SMILES string of the molecule is CC(C)(C)OC(=O)NC1CC2(C1)OCCC2=O. The molecule has 2 rings (SSSR count). The van der Waals surface area contributed by atoms with E-state index in [9.17, 15) is 9.59 Å². The van der Waals surface area contributed by atoms with Crippen LogP contribution in [0.5, 0.6) is 0 Å². The van der Waals surface area contributed by atoms with E-state index in [1.807, 2.05) is 20.8 Å². The molecule has 0 aromatic rings. The highest BCUT2D eigenvalue weighted by Crippen LogP contribution is 2.41. The molecule has 0 aromatic carbocycles. The fraction of sp³-hybridized carbons (Fsp3) is 0.833. The van der Waals surface area contributed by atoms with Crippen molar-refractivity contribution in [2.45, 2.75) is 57.3 Å². The zero-order chi connectivity index (χ0) is 12.7. The highest BCUT2D eigenvalue weighted by atomic mass is 16.6. The maximum Gasteiger partial charge on any atom is 0.407 e. The molecule has 1 N–H and O–H groups in total. The van der Waals surface area contributed by atoms with E-state index in [2.05, 4.69) is 5.32 Å². The van der Waals surface area contributed by atoms with E-state index < -0.39 is 17.3 Å². The molecule has 2 aliphatic rings. The summed E-state index contributed by atoms with van der Waals surface area (Å²) in [6.45, 7) is 5.97. The summed E-state index contributed by atoms with van der Waals surface area (Å²) in [5, 5.41) is 2.75. The van der Waals surface area contributed by atoms with E-state index in [-0.39, 0.29) is 11.8 Å². The first kappa shape index (κ1) is 12.4. The molecule has 0 atom stereocenters. The number of amides is 1. The maximum atomic E-state index is 11.6. The van der Waals surface area contributed by atoms with Crippen LogP contribution in [0.1, 0.15) is 40.0 Å². The quantitative estimate of drug-likeness (QED) is 0.753. The van der Waals surface area contributed by atoms with Gasteiger partial charge in [0.05, 0.1) is 6.61 Å². The second-order valence-corrected chi connectivity index (χ2v) is 5.77. The third kappa shape index (κ3) is 2.60. The van der Waals surface area contributed by atoms with Crippen LogP contribution >= 0.6 is 0 Å². The van der Waals surface area contributed by atoms with E-state index in [0.717, 1.165) is 0 Å². The summed E-state index contributed by atoms with van der Waals surface area (Å²) in [7, 11) is 0. The van der Waals surface area contributed by atoms with Crippen molar-refractivity contribution in [1.29, 1.82) is 0 Å². The lowest BCUT2D eigenvalue weighted by Gasteiger charge is -2.42. The fourth-order valence-corrected chi connectivity index (χ4v) is 2.31. The monoisotopic (exact) mass is 241 g/mol. The average Bonchev–Trinajstić information content (AvgIpc) is 2.43. The van der Waals surface area contributed by atoms with Crippen molar-refractivity contribution in [1.82, 2.24) is 5.32 Å². The maximum absolute atomic E-state index is 11.6. The third-order valence-electron chi connectivity index (χ3n) is 3.09. The molecule has 0 aromatic heterocycles. The van der Waals surface area contributed by atoms with Crippen LogP contribution in [0, 0.1) is 0 Å². The first-order valence-electron chi connectivity index (χ1n) is 5.98. The molecule has 1 saturated heterocycles. The van der Waals surface area contributed by atoms with Gasteiger partial charge in [0.25, 0.3) is 0 Å². The molecule has 2 fully saturated rings. The first-order chi connectivity index (χ1) is 7.81. The number of ether oxygens (including phenoxy) is 2. The Kier molecular flexibility index (Phi) is 2.89. The van der Waals surface area contributed by atoms with Gasteiger partial charge in [-0.3, -0.25) is 4.79 Å². The Morgan fingerprint density at radius 1 is 1.47 bits per heavy atom. The van der Waals surface area contributed by atoms with Gasteiger partial charge < -0.3 is 14.8 Å². The molecule has 1 aliphatic carbocycles. The standard InChI is InChI=1S/C12H19NO4/c1-11(2,3)17-10(15)13-8-6-12(7-8)9(14)4-5-16-12/h8H,4-7H2,1-3H3,(H,13,15). The van der Waals surface area contributed by atoms with Crippen LogP contribution in [0.4, 0.5) is 4.79 Å². The summed E-state index contributed by atoms with van der Waals surface area (Å²) in [6, 6.07) is -0.00750. The van der Waals surface area contributed by atoms with Gasteiger partial charge in [-0.05, 0) is 20.8 Å². The van der Waals surface area contributed by atoms with Gasteiger partial charge in [0.15, 0.2) is 5.78 Å². The molecule has 5 heteroatoms. The number of hydrogen-bond acceptors (Lipinski definition) is 4. The molecule has 1 spiro atoms. The van der Waals surface area contributed by atoms with Crippen LogP contribution in [0.3, 0.4) is 0 Å². The number of rotatable bonds is 1. The van der Waals surface area contributed by atoms with Crippen molar-refractivity contribution in [3.8, 4) is 0 Å². The number of ketones is 1. The molecule has 0 unspecified atom stereocenters. The highest BCUT2D eigenvalue weighted by molar-refractivity contribution is 5.90. The minimum Gasteiger partial charge on any atom is -0.444 e. The van der Waals surface area contributed by atoms with Gasteiger partial charge in [0.1, 0.15) is 11.2 Å². The summed E-state index contributed by atoms with van der Waals surface area (Å²) >= 11 is 0. The van der Waals surface area contributed by atoms with Gasteiger partial charge in [-0.25, -0.2) is 4.79 Å². The number of Topliss-reactive ketones (excluding diaryl/α,β-unsaturated/α-hetero) is 1. The number of carbonyl (C=O) groups excluding carboxylic acids is 2. The summed E-state index contributed by atoms with van der Waals surface area (Å²) in [5.74, 6) is 0.166. The Morgan fingerprint density at radius 3 is 2.59 bits per heavy atom. The van der Waals surface area contributed by atoms with Gasteiger partial charge in [0, 0.05) is 25.3 Å². The van der Waals surface area contributed by atoms with Crippen molar-refractivity contribution < 1.29 is 19.1 Å². The topological polar surface area (TPSA) is 64.6 Å². The molecular formula is C12H19NO4. The molecule has 0 radical (unpaired) electrons. The van der Waals surface area contributed by atoms with Crippen LogP contribution in [0.15, 0.2) is 0 Å². The van der Waals surface area contributed by atoms with Crippen molar-refractivity contribution in [2.75, 3.05) is 6.61 Å². The molecular weight excluding hydrogens is 222 g/mol. The van der Waals surface area contributed by atoms with Crippen molar-refractivity contribution >= 4 is 11.9 Å². The smallest absolute Gasteiger partial charge is 0.407 e. The Balaban J connectivity index is 1.77.